The molecule has 2 amide bonds. The summed E-state index contributed by atoms with van der Waals surface area (Å²) >= 11 is 0. The van der Waals surface area contributed by atoms with E-state index in [0.717, 1.165) is 0 Å². The number of carbonyl (C=O) groups is 2. The van der Waals surface area contributed by atoms with E-state index in [-0.39, 0.29) is 24.3 Å². The molecule has 19 heavy (non-hydrogen) atoms. The van der Waals surface area contributed by atoms with Crippen molar-refractivity contribution in [3.8, 4) is 0 Å². The van der Waals surface area contributed by atoms with Crippen molar-refractivity contribution in [1.82, 2.24) is 10.2 Å². The summed E-state index contributed by atoms with van der Waals surface area (Å²) in [5.41, 5.74) is -1.35. The summed E-state index contributed by atoms with van der Waals surface area (Å²) in [5, 5.41) is 11.7. The Bertz CT molecular complexity index is 366. The molecule has 0 saturated carbocycles. The number of morpholine rings is 1. The predicted octanol–water partition coefficient (Wildman–Crippen LogP) is 1.31. The summed E-state index contributed by atoms with van der Waals surface area (Å²) in [7, 11) is 0. The van der Waals surface area contributed by atoms with E-state index in [2.05, 4.69) is 5.32 Å². The van der Waals surface area contributed by atoms with Gasteiger partial charge in [0.25, 0.3) is 0 Å². The van der Waals surface area contributed by atoms with Gasteiger partial charge in [-0.25, -0.2) is 4.79 Å². The largest absolute Gasteiger partial charge is 0.481 e. The third-order valence-corrected chi connectivity index (χ3v) is 3.12. The highest BCUT2D eigenvalue weighted by Crippen LogP contribution is 2.21. The molecule has 2 N–H and O–H groups in total. The second-order valence-corrected chi connectivity index (χ2v) is 6.42. The molecule has 0 aromatic heterocycles. The number of rotatable bonds is 3. The first-order valence-electron chi connectivity index (χ1n) is 6.47. The number of aliphatic carboxylic acids is 1. The first-order chi connectivity index (χ1) is 8.53. The zero-order valence-corrected chi connectivity index (χ0v) is 12.3. The topological polar surface area (TPSA) is 78.9 Å². The Balaban J connectivity index is 2.57. The van der Waals surface area contributed by atoms with Gasteiger partial charge in [0.05, 0.1) is 23.7 Å². The molecule has 1 unspecified atom stereocenters. The minimum atomic E-state index is -0.969. The fraction of sp³-hybridized carbons (Fsp3) is 0.846. The van der Waals surface area contributed by atoms with Crippen LogP contribution in [0, 0.1) is 5.41 Å². The van der Waals surface area contributed by atoms with E-state index in [1.165, 1.54) is 0 Å². The molecule has 0 bridgehead atoms. The van der Waals surface area contributed by atoms with E-state index in [4.69, 9.17) is 9.84 Å². The molecule has 1 saturated heterocycles. The first-order valence-corrected chi connectivity index (χ1v) is 6.47. The first kappa shape index (κ1) is 15.8. The summed E-state index contributed by atoms with van der Waals surface area (Å²) in [5.74, 6) is -0.927. The highest BCUT2D eigenvalue weighted by molar-refractivity contribution is 5.77. The van der Waals surface area contributed by atoms with Crippen molar-refractivity contribution < 1.29 is 19.4 Å². The predicted molar refractivity (Wildman–Crippen MR) is 71.0 cm³/mol. The number of nitrogens with one attached hydrogen (secondary N) is 1. The Kier molecular flexibility index (Phi) is 4.45. The number of hydrogen-bond acceptors (Lipinski definition) is 3. The summed E-state index contributed by atoms with van der Waals surface area (Å²) < 4.78 is 5.72. The Morgan fingerprint density at radius 2 is 2.05 bits per heavy atom. The number of carbonyl (C=O) groups excluding carboxylic acids is 1. The van der Waals surface area contributed by atoms with Crippen LogP contribution in [0.2, 0.25) is 0 Å². The lowest BCUT2D eigenvalue weighted by Crippen LogP contribution is -2.57. The van der Waals surface area contributed by atoms with Gasteiger partial charge in [0.1, 0.15) is 0 Å². The van der Waals surface area contributed by atoms with E-state index in [1.807, 2.05) is 20.8 Å². The van der Waals surface area contributed by atoms with Crippen LogP contribution in [0.25, 0.3) is 0 Å². The maximum absolute atomic E-state index is 12.1. The van der Waals surface area contributed by atoms with E-state index in [0.29, 0.717) is 13.1 Å². The molecule has 6 heteroatoms. The molecule has 6 nitrogen and oxygen atoms in total. The van der Waals surface area contributed by atoms with Gasteiger partial charge in [-0.15, -0.1) is 0 Å². The van der Waals surface area contributed by atoms with Gasteiger partial charge in [0.2, 0.25) is 0 Å². The molecule has 1 aliphatic heterocycles. The van der Waals surface area contributed by atoms with E-state index < -0.39 is 11.4 Å². The van der Waals surface area contributed by atoms with Crippen LogP contribution < -0.4 is 5.32 Å². The summed E-state index contributed by atoms with van der Waals surface area (Å²) in [6.07, 6.45) is -0.0259. The fourth-order valence-electron chi connectivity index (χ4n) is 2.09. The molecule has 0 aliphatic carbocycles. The molecule has 0 aromatic carbocycles. The van der Waals surface area contributed by atoms with Crippen LogP contribution in [0.3, 0.4) is 0 Å². The highest BCUT2D eigenvalue weighted by Gasteiger charge is 2.35. The van der Waals surface area contributed by atoms with E-state index in [1.54, 1.807) is 18.7 Å². The minimum absolute atomic E-state index is 0.0259. The monoisotopic (exact) mass is 272 g/mol. The smallest absolute Gasteiger partial charge is 0.317 e. The van der Waals surface area contributed by atoms with Crippen molar-refractivity contribution in [3.63, 3.8) is 0 Å². The number of hydrogen-bond donors (Lipinski definition) is 2. The molecule has 0 aromatic rings. The average molecular weight is 272 g/mol. The van der Waals surface area contributed by atoms with Gasteiger partial charge in [0.15, 0.2) is 0 Å². The standard InChI is InChI=1S/C13H24N2O4/c1-9-6-15(8-13(4,5)19-9)11(18)14-7-12(2,3)10(16)17/h9H,6-8H2,1-5H3,(H,14,18)(H,16,17). The van der Waals surface area contributed by atoms with Crippen molar-refractivity contribution in [2.45, 2.75) is 46.3 Å². The zero-order chi connectivity index (χ0) is 14.8. The normalized spacial score (nSPS) is 23.0. The summed E-state index contributed by atoms with van der Waals surface area (Å²) in [6, 6.07) is -0.238. The molecule has 1 aliphatic rings. The Labute approximate surface area is 114 Å². The molecular formula is C13H24N2O4. The molecule has 1 fully saturated rings. The lowest BCUT2D eigenvalue weighted by atomic mass is 9.94. The Hall–Kier alpha value is -1.30. The second kappa shape index (κ2) is 5.36. The number of ether oxygens (including phenoxy) is 1. The van der Waals surface area contributed by atoms with Crippen molar-refractivity contribution in [2.75, 3.05) is 19.6 Å². The second-order valence-electron chi connectivity index (χ2n) is 6.42. The molecule has 110 valence electrons. The minimum Gasteiger partial charge on any atom is -0.481 e. The van der Waals surface area contributed by atoms with Gasteiger partial charge in [-0.2, -0.15) is 0 Å². The van der Waals surface area contributed by atoms with Crippen LogP contribution in [-0.4, -0.2) is 53.3 Å². The molecular weight excluding hydrogens is 248 g/mol. The SMILES string of the molecule is CC1CN(C(=O)NCC(C)(C)C(=O)O)CC(C)(C)O1. The van der Waals surface area contributed by atoms with Crippen molar-refractivity contribution in [3.05, 3.63) is 0 Å². The van der Waals surface area contributed by atoms with Gasteiger partial charge in [-0.1, -0.05) is 0 Å². The Morgan fingerprint density at radius 1 is 1.47 bits per heavy atom. The van der Waals surface area contributed by atoms with Crippen LogP contribution in [0.4, 0.5) is 4.79 Å². The number of amides is 2. The lowest BCUT2D eigenvalue weighted by Gasteiger charge is -2.41. The van der Waals surface area contributed by atoms with Crippen molar-refractivity contribution in [1.29, 1.82) is 0 Å². The fourth-order valence-corrected chi connectivity index (χ4v) is 2.09. The molecule has 1 rings (SSSR count). The third-order valence-electron chi connectivity index (χ3n) is 3.12. The van der Waals surface area contributed by atoms with Crippen LogP contribution in [-0.2, 0) is 9.53 Å². The molecule has 0 spiro atoms. The number of carboxylic acid groups (broad SMARTS) is 1. The van der Waals surface area contributed by atoms with Gasteiger partial charge >= 0.3 is 12.0 Å². The van der Waals surface area contributed by atoms with Crippen LogP contribution in [0.1, 0.15) is 34.6 Å². The number of urea groups is 1. The zero-order valence-electron chi connectivity index (χ0n) is 12.3. The average Bonchev–Trinajstić information content (AvgIpc) is 2.22. The quantitative estimate of drug-likeness (QED) is 0.812. The van der Waals surface area contributed by atoms with Crippen molar-refractivity contribution >= 4 is 12.0 Å². The summed E-state index contributed by atoms with van der Waals surface area (Å²) in [6.45, 7) is 10.1. The van der Waals surface area contributed by atoms with Crippen molar-refractivity contribution in [2.24, 2.45) is 5.41 Å². The van der Waals surface area contributed by atoms with E-state index >= 15 is 0 Å². The maximum atomic E-state index is 12.1. The van der Waals surface area contributed by atoms with Gasteiger partial charge < -0.3 is 20.1 Å². The highest BCUT2D eigenvalue weighted by atomic mass is 16.5. The number of nitrogens with zero attached hydrogens (tertiary/aromatic N) is 1. The summed E-state index contributed by atoms with van der Waals surface area (Å²) in [4.78, 5) is 24.7. The Morgan fingerprint density at radius 3 is 2.53 bits per heavy atom. The number of carboxylic acids is 1. The third kappa shape index (κ3) is 4.38. The molecule has 1 heterocycles. The van der Waals surface area contributed by atoms with Crippen LogP contribution in [0.15, 0.2) is 0 Å². The lowest BCUT2D eigenvalue weighted by molar-refractivity contribution is -0.146. The molecule has 1 atom stereocenters. The van der Waals surface area contributed by atoms with Crippen LogP contribution >= 0.6 is 0 Å². The molecule has 0 radical (unpaired) electrons. The maximum Gasteiger partial charge on any atom is 0.317 e. The van der Waals surface area contributed by atoms with Gasteiger partial charge in [-0.05, 0) is 34.6 Å². The van der Waals surface area contributed by atoms with Crippen LogP contribution in [0.5, 0.6) is 0 Å². The van der Waals surface area contributed by atoms with Gasteiger partial charge in [-0.3, -0.25) is 4.79 Å². The van der Waals surface area contributed by atoms with Gasteiger partial charge in [0, 0.05) is 13.1 Å². The van der Waals surface area contributed by atoms with E-state index in [9.17, 15) is 9.59 Å².